The zero-order valence-electron chi connectivity index (χ0n) is 13.7. The first-order valence-corrected chi connectivity index (χ1v) is 8.04. The van der Waals surface area contributed by atoms with Crippen LogP contribution in [0.3, 0.4) is 0 Å². The highest BCUT2D eigenvalue weighted by Gasteiger charge is 2.16. The summed E-state index contributed by atoms with van der Waals surface area (Å²) in [4.78, 5) is 16.2. The fourth-order valence-electron chi connectivity index (χ4n) is 2.73. The van der Waals surface area contributed by atoms with Crippen molar-refractivity contribution in [3.63, 3.8) is 0 Å². The van der Waals surface area contributed by atoms with E-state index in [1.165, 1.54) is 16.8 Å². The van der Waals surface area contributed by atoms with Crippen molar-refractivity contribution >= 4 is 11.8 Å². The van der Waals surface area contributed by atoms with Crippen LogP contribution in [0.2, 0.25) is 0 Å². The summed E-state index contributed by atoms with van der Waals surface area (Å²) in [5.74, 6) is -0.214. The van der Waals surface area contributed by atoms with Crippen LogP contribution in [0.25, 0.3) is 6.08 Å². The van der Waals surface area contributed by atoms with E-state index in [4.69, 9.17) is 0 Å². The van der Waals surface area contributed by atoms with E-state index < -0.39 is 0 Å². The predicted molar refractivity (Wildman–Crippen MR) is 93.6 cm³/mol. The number of anilines is 1. The molecule has 5 nitrogen and oxygen atoms in total. The van der Waals surface area contributed by atoms with Crippen LogP contribution < -0.4 is 10.5 Å². The molecule has 1 aliphatic rings. The molecule has 24 heavy (non-hydrogen) atoms. The molecule has 1 aromatic carbocycles. The number of aromatic nitrogens is 2. The summed E-state index contributed by atoms with van der Waals surface area (Å²) in [6, 6.07) is 8.11. The molecule has 2 heterocycles. The monoisotopic (exact) mass is 328 g/mol. The number of rotatable bonds is 4. The summed E-state index contributed by atoms with van der Waals surface area (Å²) < 4.78 is 14.2. The van der Waals surface area contributed by atoms with Gasteiger partial charge in [0.1, 0.15) is 5.82 Å². The van der Waals surface area contributed by atoms with Crippen LogP contribution in [0.4, 0.5) is 10.1 Å². The lowest BCUT2D eigenvalue weighted by Gasteiger charge is -2.35. The van der Waals surface area contributed by atoms with Crippen molar-refractivity contribution in [3.8, 4) is 0 Å². The van der Waals surface area contributed by atoms with Gasteiger partial charge in [-0.05, 0) is 17.7 Å². The highest BCUT2D eigenvalue weighted by molar-refractivity contribution is 5.49. The molecule has 0 saturated carbocycles. The topological polar surface area (TPSA) is 41.4 Å². The van der Waals surface area contributed by atoms with E-state index in [0.29, 0.717) is 0 Å². The summed E-state index contributed by atoms with van der Waals surface area (Å²) in [7, 11) is 1.65. The Balaban J connectivity index is 1.50. The maximum Gasteiger partial charge on any atom is 0.268 e. The maximum absolute atomic E-state index is 12.9. The number of hydrogen-bond acceptors (Lipinski definition) is 4. The molecule has 1 aliphatic heterocycles. The quantitative estimate of drug-likeness (QED) is 0.858. The van der Waals surface area contributed by atoms with Gasteiger partial charge in [-0.1, -0.05) is 24.3 Å². The Hall–Kier alpha value is -2.47. The predicted octanol–water partition coefficient (Wildman–Crippen LogP) is 1.75. The number of hydrogen-bond donors (Lipinski definition) is 0. The molecule has 1 aromatic heterocycles. The zero-order valence-corrected chi connectivity index (χ0v) is 13.7. The Kier molecular flexibility index (Phi) is 5.05. The van der Waals surface area contributed by atoms with Crippen molar-refractivity contribution in [1.29, 1.82) is 0 Å². The minimum absolute atomic E-state index is 0.0860. The number of aryl methyl sites for hydroxylation is 1. The van der Waals surface area contributed by atoms with Gasteiger partial charge in [-0.2, -0.15) is 5.10 Å². The van der Waals surface area contributed by atoms with Crippen LogP contribution in [0.1, 0.15) is 5.56 Å². The molecule has 3 rings (SSSR count). The van der Waals surface area contributed by atoms with E-state index in [1.807, 2.05) is 6.08 Å². The molecule has 0 aliphatic carbocycles. The Morgan fingerprint density at radius 3 is 2.54 bits per heavy atom. The lowest BCUT2D eigenvalue weighted by molar-refractivity contribution is 0.284. The van der Waals surface area contributed by atoms with Crippen molar-refractivity contribution in [2.45, 2.75) is 0 Å². The Labute approximate surface area is 140 Å². The van der Waals surface area contributed by atoms with E-state index in [2.05, 4.69) is 21.0 Å². The molecular formula is C18H21FN4O. The fraction of sp³-hybridized carbons (Fsp3) is 0.333. The Bertz CT molecular complexity index is 761. The minimum atomic E-state index is -0.214. The minimum Gasteiger partial charge on any atom is -0.368 e. The van der Waals surface area contributed by atoms with E-state index in [0.717, 1.165) is 44.0 Å². The molecule has 0 unspecified atom stereocenters. The molecule has 0 N–H and O–H groups in total. The smallest absolute Gasteiger partial charge is 0.268 e. The second-order valence-electron chi connectivity index (χ2n) is 5.92. The SMILES string of the molecule is Cn1ncc(N2CCN(CC=Cc3ccc(F)cc3)CC2)cc1=O. The van der Waals surface area contributed by atoms with Gasteiger partial charge in [0.15, 0.2) is 0 Å². The van der Waals surface area contributed by atoms with E-state index in [9.17, 15) is 9.18 Å². The lowest BCUT2D eigenvalue weighted by Crippen LogP contribution is -2.46. The van der Waals surface area contributed by atoms with Gasteiger partial charge < -0.3 is 4.90 Å². The third-order valence-corrected chi connectivity index (χ3v) is 4.23. The summed E-state index contributed by atoms with van der Waals surface area (Å²) in [6.45, 7) is 4.48. The van der Waals surface area contributed by atoms with Crippen LogP contribution >= 0.6 is 0 Å². The average molecular weight is 328 g/mol. The average Bonchev–Trinajstić information content (AvgIpc) is 2.60. The van der Waals surface area contributed by atoms with Crippen molar-refractivity contribution in [2.24, 2.45) is 7.05 Å². The first-order valence-electron chi connectivity index (χ1n) is 8.04. The van der Waals surface area contributed by atoms with Gasteiger partial charge in [0.25, 0.3) is 5.56 Å². The van der Waals surface area contributed by atoms with E-state index in [-0.39, 0.29) is 11.4 Å². The molecular weight excluding hydrogens is 307 g/mol. The van der Waals surface area contributed by atoms with Gasteiger partial charge in [0.2, 0.25) is 0 Å². The van der Waals surface area contributed by atoms with Crippen LogP contribution in [0, 0.1) is 5.82 Å². The first kappa shape index (κ1) is 16.4. The molecule has 1 saturated heterocycles. The summed E-state index contributed by atoms with van der Waals surface area (Å²) in [6.07, 6.45) is 5.85. The standard InChI is InChI=1S/C18H21FN4O/c1-21-18(24)13-17(14-20-21)23-11-9-22(10-12-23)8-2-3-15-4-6-16(19)7-5-15/h2-7,13-14H,8-12H2,1H3. The molecule has 0 amide bonds. The van der Waals surface area contributed by atoms with Gasteiger partial charge >= 0.3 is 0 Å². The largest absolute Gasteiger partial charge is 0.368 e. The molecule has 0 spiro atoms. The van der Waals surface area contributed by atoms with Crippen molar-refractivity contribution < 1.29 is 4.39 Å². The van der Waals surface area contributed by atoms with E-state index >= 15 is 0 Å². The normalized spacial score (nSPS) is 16.0. The van der Waals surface area contributed by atoms with Crippen LogP contribution in [0.15, 0.2) is 47.4 Å². The fourth-order valence-corrected chi connectivity index (χ4v) is 2.73. The Morgan fingerprint density at radius 1 is 1.17 bits per heavy atom. The van der Waals surface area contributed by atoms with Crippen molar-refractivity contribution in [1.82, 2.24) is 14.7 Å². The second-order valence-corrected chi connectivity index (χ2v) is 5.92. The molecule has 0 bridgehead atoms. The van der Waals surface area contributed by atoms with Crippen LogP contribution in [0.5, 0.6) is 0 Å². The third-order valence-electron chi connectivity index (χ3n) is 4.23. The maximum atomic E-state index is 12.9. The summed E-state index contributed by atoms with van der Waals surface area (Å²) >= 11 is 0. The molecule has 0 atom stereocenters. The van der Waals surface area contributed by atoms with Gasteiger partial charge in [0, 0.05) is 45.8 Å². The van der Waals surface area contributed by atoms with Crippen molar-refractivity contribution in [2.75, 3.05) is 37.6 Å². The molecule has 6 heteroatoms. The van der Waals surface area contributed by atoms with E-state index in [1.54, 1.807) is 31.4 Å². The highest BCUT2D eigenvalue weighted by atomic mass is 19.1. The number of piperazine rings is 1. The van der Waals surface area contributed by atoms with Gasteiger partial charge in [-0.3, -0.25) is 9.69 Å². The van der Waals surface area contributed by atoms with Gasteiger partial charge in [-0.15, -0.1) is 0 Å². The molecule has 2 aromatic rings. The third kappa shape index (κ3) is 4.08. The Morgan fingerprint density at radius 2 is 1.88 bits per heavy atom. The second kappa shape index (κ2) is 7.40. The molecule has 0 radical (unpaired) electrons. The lowest BCUT2D eigenvalue weighted by atomic mass is 10.2. The zero-order chi connectivity index (χ0) is 16.9. The molecule has 126 valence electrons. The number of halogens is 1. The van der Waals surface area contributed by atoms with Gasteiger partial charge in [0.05, 0.1) is 11.9 Å². The van der Waals surface area contributed by atoms with Gasteiger partial charge in [-0.25, -0.2) is 9.07 Å². The van der Waals surface area contributed by atoms with Crippen LogP contribution in [-0.4, -0.2) is 47.4 Å². The summed E-state index contributed by atoms with van der Waals surface area (Å²) in [5, 5.41) is 4.07. The molecule has 1 fully saturated rings. The first-order chi connectivity index (χ1) is 11.6. The number of benzene rings is 1. The number of nitrogens with zero attached hydrogens (tertiary/aromatic N) is 4. The summed E-state index contributed by atoms with van der Waals surface area (Å²) in [5.41, 5.74) is 1.80. The van der Waals surface area contributed by atoms with Crippen LogP contribution in [-0.2, 0) is 7.05 Å². The van der Waals surface area contributed by atoms with Crippen molar-refractivity contribution in [3.05, 3.63) is 64.3 Å². The highest BCUT2D eigenvalue weighted by Crippen LogP contribution is 2.13.